The molecule has 0 fully saturated rings. The summed E-state index contributed by atoms with van der Waals surface area (Å²) in [5.41, 5.74) is 6.09. The Balaban J connectivity index is 1.30. The first-order chi connectivity index (χ1) is 20.5. The molecule has 42 heavy (non-hydrogen) atoms. The molecule has 0 radical (unpaired) electrons. The third-order valence-electron chi connectivity index (χ3n) is 6.15. The number of benzene rings is 4. The Morgan fingerprint density at radius 3 is 2.17 bits per heavy atom. The van der Waals surface area contributed by atoms with Crippen LogP contribution in [-0.2, 0) is 9.59 Å². The van der Waals surface area contributed by atoms with Crippen LogP contribution >= 0.6 is 0 Å². The van der Waals surface area contributed by atoms with Gasteiger partial charge in [0.05, 0.1) is 30.3 Å². The normalized spacial score (nSPS) is 10.7. The van der Waals surface area contributed by atoms with Crippen molar-refractivity contribution >= 4 is 35.3 Å². The van der Waals surface area contributed by atoms with E-state index < -0.39 is 17.7 Å². The molecule has 0 unspecified atom stereocenters. The van der Waals surface area contributed by atoms with E-state index in [0.717, 1.165) is 11.3 Å². The number of amides is 3. The van der Waals surface area contributed by atoms with Crippen LogP contribution in [-0.4, -0.2) is 40.8 Å². The van der Waals surface area contributed by atoms with Gasteiger partial charge < -0.3 is 15.4 Å². The molecular formula is C32H26N6O4. The van der Waals surface area contributed by atoms with Gasteiger partial charge in [-0.15, -0.1) is 0 Å². The fourth-order valence-electron chi connectivity index (χ4n) is 4.07. The van der Waals surface area contributed by atoms with Crippen LogP contribution in [0.2, 0.25) is 0 Å². The first-order valence-corrected chi connectivity index (χ1v) is 12.9. The second kappa shape index (κ2) is 12.9. The van der Waals surface area contributed by atoms with Crippen molar-refractivity contribution in [1.82, 2.24) is 15.2 Å². The SMILES string of the molecule is COc1ccc(-c2nn(-c3ccccc3)cc2/C=N\NC(=O)C(=O)Nc2ccccc2C(=O)Nc2ccccc2)cc1. The van der Waals surface area contributed by atoms with Crippen LogP contribution in [0.5, 0.6) is 5.75 Å². The van der Waals surface area contributed by atoms with Crippen LogP contribution < -0.4 is 20.8 Å². The summed E-state index contributed by atoms with van der Waals surface area (Å²) in [6, 6.07) is 32.2. The van der Waals surface area contributed by atoms with Gasteiger partial charge in [0.2, 0.25) is 0 Å². The van der Waals surface area contributed by atoms with Gasteiger partial charge in [-0.25, -0.2) is 10.1 Å². The van der Waals surface area contributed by atoms with Crippen molar-refractivity contribution in [2.45, 2.75) is 0 Å². The minimum atomic E-state index is -1.01. The predicted molar refractivity (Wildman–Crippen MR) is 161 cm³/mol. The summed E-state index contributed by atoms with van der Waals surface area (Å²) in [4.78, 5) is 38.1. The molecule has 0 bridgehead atoms. The van der Waals surface area contributed by atoms with E-state index in [1.165, 1.54) is 12.3 Å². The van der Waals surface area contributed by atoms with E-state index in [0.29, 0.717) is 22.7 Å². The Labute approximate surface area is 241 Å². The lowest BCUT2D eigenvalue weighted by Crippen LogP contribution is -2.33. The summed E-state index contributed by atoms with van der Waals surface area (Å²) < 4.78 is 6.95. The van der Waals surface area contributed by atoms with Crippen LogP contribution in [0, 0.1) is 0 Å². The van der Waals surface area contributed by atoms with E-state index in [2.05, 4.69) is 21.2 Å². The van der Waals surface area contributed by atoms with Gasteiger partial charge in [0.1, 0.15) is 11.4 Å². The number of carbonyl (C=O) groups is 3. The van der Waals surface area contributed by atoms with Gasteiger partial charge in [0.15, 0.2) is 0 Å². The molecule has 0 aliphatic heterocycles. The lowest BCUT2D eigenvalue weighted by Gasteiger charge is -2.11. The van der Waals surface area contributed by atoms with E-state index in [1.54, 1.807) is 60.5 Å². The molecule has 10 heteroatoms. The monoisotopic (exact) mass is 558 g/mol. The number of hydrogen-bond acceptors (Lipinski definition) is 6. The third kappa shape index (κ3) is 6.57. The van der Waals surface area contributed by atoms with Crippen molar-refractivity contribution in [3.05, 3.63) is 127 Å². The molecule has 0 saturated carbocycles. The van der Waals surface area contributed by atoms with E-state index >= 15 is 0 Å². The Bertz CT molecular complexity index is 1730. The second-order valence-corrected chi connectivity index (χ2v) is 8.96. The average molecular weight is 559 g/mol. The maximum absolute atomic E-state index is 12.8. The second-order valence-electron chi connectivity index (χ2n) is 8.96. The van der Waals surface area contributed by atoms with Gasteiger partial charge in [-0.1, -0.05) is 48.5 Å². The van der Waals surface area contributed by atoms with Gasteiger partial charge in [0, 0.05) is 23.0 Å². The quantitative estimate of drug-likeness (QED) is 0.142. The number of aromatic nitrogens is 2. The van der Waals surface area contributed by atoms with Crippen molar-refractivity contribution in [3.8, 4) is 22.7 Å². The lowest BCUT2D eigenvalue weighted by atomic mass is 10.1. The molecule has 5 rings (SSSR count). The molecule has 5 aromatic rings. The number of ether oxygens (including phenoxy) is 1. The molecule has 1 aromatic heterocycles. The Morgan fingerprint density at radius 1 is 0.786 bits per heavy atom. The van der Waals surface area contributed by atoms with Gasteiger partial charge in [-0.3, -0.25) is 14.4 Å². The van der Waals surface area contributed by atoms with Crippen molar-refractivity contribution in [3.63, 3.8) is 0 Å². The van der Waals surface area contributed by atoms with Crippen molar-refractivity contribution in [2.24, 2.45) is 5.10 Å². The zero-order chi connectivity index (χ0) is 29.3. The van der Waals surface area contributed by atoms with E-state index in [4.69, 9.17) is 9.84 Å². The zero-order valence-corrected chi connectivity index (χ0v) is 22.5. The molecular weight excluding hydrogens is 532 g/mol. The summed E-state index contributed by atoms with van der Waals surface area (Å²) in [6.07, 6.45) is 3.19. The highest BCUT2D eigenvalue weighted by Gasteiger charge is 2.18. The Kier molecular flexibility index (Phi) is 8.44. The number of hydrazone groups is 1. The van der Waals surface area contributed by atoms with Crippen LogP contribution in [0.25, 0.3) is 16.9 Å². The van der Waals surface area contributed by atoms with Gasteiger partial charge in [0.25, 0.3) is 5.91 Å². The number of para-hydroxylation sites is 3. The molecule has 208 valence electrons. The first kappa shape index (κ1) is 27.5. The van der Waals surface area contributed by atoms with Gasteiger partial charge in [-0.2, -0.15) is 10.2 Å². The number of rotatable bonds is 8. The van der Waals surface area contributed by atoms with Crippen LogP contribution in [0.4, 0.5) is 11.4 Å². The molecule has 10 nitrogen and oxygen atoms in total. The highest BCUT2D eigenvalue weighted by Crippen LogP contribution is 2.25. The largest absolute Gasteiger partial charge is 0.497 e. The smallest absolute Gasteiger partial charge is 0.329 e. The number of carbonyl (C=O) groups excluding carboxylic acids is 3. The molecule has 0 aliphatic rings. The number of hydrogen-bond donors (Lipinski definition) is 3. The third-order valence-corrected chi connectivity index (χ3v) is 6.15. The minimum Gasteiger partial charge on any atom is -0.497 e. The highest BCUT2D eigenvalue weighted by molar-refractivity contribution is 6.40. The van der Waals surface area contributed by atoms with Crippen LogP contribution in [0.3, 0.4) is 0 Å². The van der Waals surface area contributed by atoms with E-state index in [9.17, 15) is 14.4 Å². The molecule has 3 amide bonds. The number of nitrogens with zero attached hydrogens (tertiary/aromatic N) is 3. The van der Waals surface area contributed by atoms with Crippen molar-refractivity contribution < 1.29 is 19.1 Å². The van der Waals surface area contributed by atoms with Crippen LogP contribution in [0.15, 0.2) is 120 Å². The van der Waals surface area contributed by atoms with Gasteiger partial charge >= 0.3 is 11.8 Å². The number of nitrogens with one attached hydrogen (secondary N) is 3. The number of anilines is 2. The zero-order valence-electron chi connectivity index (χ0n) is 22.5. The molecule has 0 spiro atoms. The summed E-state index contributed by atoms with van der Waals surface area (Å²) in [7, 11) is 1.59. The topological polar surface area (TPSA) is 127 Å². The maximum Gasteiger partial charge on any atom is 0.329 e. The molecule has 0 saturated heterocycles. The van der Waals surface area contributed by atoms with Gasteiger partial charge in [-0.05, 0) is 60.7 Å². The summed E-state index contributed by atoms with van der Waals surface area (Å²) in [5, 5.41) is 14.0. The van der Waals surface area contributed by atoms with E-state index in [-0.39, 0.29) is 11.3 Å². The summed E-state index contributed by atoms with van der Waals surface area (Å²) >= 11 is 0. The predicted octanol–water partition coefficient (Wildman–Crippen LogP) is 4.89. The van der Waals surface area contributed by atoms with Crippen molar-refractivity contribution in [2.75, 3.05) is 17.7 Å². The highest BCUT2D eigenvalue weighted by atomic mass is 16.5. The fraction of sp³-hybridized carbons (Fsp3) is 0.0312. The lowest BCUT2D eigenvalue weighted by molar-refractivity contribution is -0.136. The molecule has 4 aromatic carbocycles. The maximum atomic E-state index is 12.8. The van der Waals surface area contributed by atoms with Crippen molar-refractivity contribution in [1.29, 1.82) is 0 Å². The minimum absolute atomic E-state index is 0.181. The average Bonchev–Trinajstić information content (AvgIpc) is 3.46. The molecule has 3 N–H and O–H groups in total. The Hall–Kier alpha value is -6.03. The molecule has 0 aliphatic carbocycles. The van der Waals surface area contributed by atoms with E-state index in [1.807, 2.05) is 60.7 Å². The first-order valence-electron chi connectivity index (χ1n) is 12.9. The Morgan fingerprint density at radius 2 is 1.45 bits per heavy atom. The molecule has 1 heterocycles. The summed E-state index contributed by atoms with van der Waals surface area (Å²) in [5.74, 6) is -1.72. The fourth-order valence-corrected chi connectivity index (χ4v) is 4.07. The summed E-state index contributed by atoms with van der Waals surface area (Å²) in [6.45, 7) is 0. The molecule has 0 atom stereocenters. The number of methoxy groups -OCH3 is 1. The standard InChI is InChI=1S/C32H26N6O4/c1-42-26-18-16-22(17-19-26)29-23(21-38(37-29)25-12-6-3-7-13-25)20-33-36-32(41)31(40)35-28-15-9-8-14-27(28)30(39)34-24-10-4-2-5-11-24/h2-21H,1H3,(H,34,39)(H,35,40)(H,36,41)/b33-20-. The van der Waals surface area contributed by atoms with Crippen LogP contribution in [0.1, 0.15) is 15.9 Å².